The molecule has 1 aliphatic heterocycles. The molecule has 6 nitrogen and oxygen atoms in total. The number of nitrogens with two attached hydrogens (primary N) is 1. The van der Waals surface area contributed by atoms with Crippen LogP contribution in [0, 0.1) is 0 Å². The second-order valence-corrected chi connectivity index (χ2v) is 1.23. The Kier molecular flexibility index (Phi) is 3.33. The van der Waals surface area contributed by atoms with Crippen molar-refractivity contribution in [3.8, 4) is 0 Å². The van der Waals surface area contributed by atoms with Crippen molar-refractivity contribution in [1.29, 1.82) is 0 Å². The quantitative estimate of drug-likeness (QED) is 0.230. The lowest BCUT2D eigenvalue weighted by molar-refractivity contribution is -0.117. The molecule has 0 spiro atoms. The third-order valence-electron chi connectivity index (χ3n) is 0.662. The van der Waals surface area contributed by atoms with E-state index in [2.05, 4.69) is 11.2 Å². The first-order valence-electron chi connectivity index (χ1n) is 2.12. The van der Waals surface area contributed by atoms with E-state index in [9.17, 15) is 9.59 Å². The number of carbonyl (C=O) groups excluding carboxylic acids is 2. The number of hydrogen-bond acceptors (Lipinski definition) is 4. The Balaban J connectivity index is 0.000000291. The summed E-state index contributed by atoms with van der Waals surface area (Å²) in [5, 5.41) is 10.8. The fourth-order valence-corrected chi connectivity index (χ4v) is 0.376. The maximum atomic E-state index is 10.1. The largest absolute Gasteiger partial charge is 0.329 e. The zero-order chi connectivity index (χ0) is 7.28. The van der Waals surface area contributed by atoms with Crippen molar-refractivity contribution < 1.29 is 14.8 Å². The predicted octanol–water partition coefficient (Wildman–Crippen LogP) is -1.84. The van der Waals surface area contributed by atoms with E-state index < -0.39 is 6.03 Å². The zero-order valence-electron chi connectivity index (χ0n) is 4.55. The zero-order valence-corrected chi connectivity index (χ0v) is 4.55. The van der Waals surface area contributed by atoms with Crippen molar-refractivity contribution in [2.45, 2.75) is 0 Å². The molecule has 52 valence electrons. The molecule has 0 saturated carbocycles. The molecule has 5 N–H and O–H groups in total. The number of hydrogen-bond donors (Lipinski definition) is 4. The molecule has 1 saturated heterocycles. The number of urea groups is 1. The molecule has 1 aliphatic rings. The van der Waals surface area contributed by atoms with E-state index in [1.165, 1.54) is 0 Å². The van der Waals surface area contributed by atoms with E-state index in [0.29, 0.717) is 0 Å². The van der Waals surface area contributed by atoms with Gasteiger partial charge in [-0.3, -0.25) is 10.1 Å². The van der Waals surface area contributed by atoms with E-state index in [1.54, 1.807) is 0 Å². The van der Waals surface area contributed by atoms with Crippen LogP contribution in [0.2, 0.25) is 0 Å². The summed E-state index contributed by atoms with van der Waals surface area (Å²) in [6.07, 6.45) is 0. The molecule has 9 heavy (non-hydrogen) atoms. The van der Waals surface area contributed by atoms with Gasteiger partial charge in [-0.15, -0.1) is 0 Å². The minimum absolute atomic E-state index is 0.124. The van der Waals surface area contributed by atoms with Crippen molar-refractivity contribution in [3.05, 3.63) is 0 Å². The van der Waals surface area contributed by atoms with Gasteiger partial charge in [-0.05, 0) is 0 Å². The van der Waals surface area contributed by atoms with Gasteiger partial charge in [0.1, 0.15) is 0 Å². The Morgan fingerprint density at radius 1 is 1.44 bits per heavy atom. The third kappa shape index (κ3) is 2.62. The van der Waals surface area contributed by atoms with E-state index in [1.807, 2.05) is 5.32 Å². The molecule has 0 radical (unpaired) electrons. The summed E-state index contributed by atoms with van der Waals surface area (Å²) in [5.41, 5.74) is 0. The topological polar surface area (TPSA) is 104 Å². The molecule has 0 atom stereocenters. The van der Waals surface area contributed by atoms with Gasteiger partial charge in [0.05, 0.1) is 6.54 Å². The van der Waals surface area contributed by atoms with Crippen molar-refractivity contribution in [2.24, 2.45) is 5.90 Å². The summed E-state index contributed by atoms with van der Waals surface area (Å²) < 4.78 is 0. The Morgan fingerprint density at radius 2 is 2.00 bits per heavy atom. The molecule has 1 rings (SSSR count). The number of nitrogens with one attached hydrogen (secondary N) is 2. The summed E-state index contributed by atoms with van der Waals surface area (Å²) in [6, 6.07) is -0.398. The molecule has 6 heteroatoms. The highest BCUT2D eigenvalue weighted by Gasteiger charge is 2.14. The van der Waals surface area contributed by atoms with E-state index in [-0.39, 0.29) is 12.5 Å². The number of carbonyl (C=O) groups is 2. The minimum Gasteiger partial charge on any atom is -0.329 e. The average molecular weight is 133 g/mol. The Labute approximate surface area is 51.0 Å². The SMILES string of the molecule is NO.O=C1CNC(=O)N1. The molecule has 1 heterocycles. The summed E-state index contributed by atoms with van der Waals surface area (Å²) in [5.74, 6) is 3.24. The van der Waals surface area contributed by atoms with Gasteiger partial charge in [0, 0.05) is 0 Å². The summed E-state index contributed by atoms with van der Waals surface area (Å²) in [4.78, 5) is 20.1. The molecule has 1 fully saturated rings. The summed E-state index contributed by atoms with van der Waals surface area (Å²) in [6.45, 7) is 0.124. The van der Waals surface area contributed by atoms with Crippen LogP contribution < -0.4 is 16.5 Å². The number of rotatable bonds is 0. The monoisotopic (exact) mass is 133 g/mol. The molecule has 0 bridgehead atoms. The number of amides is 3. The predicted molar refractivity (Wildman–Crippen MR) is 27.5 cm³/mol. The molecule has 0 aromatic heterocycles. The smallest absolute Gasteiger partial charge is 0.321 e. The van der Waals surface area contributed by atoms with E-state index in [4.69, 9.17) is 5.21 Å². The lowest BCUT2D eigenvalue weighted by atomic mass is 10.7. The van der Waals surface area contributed by atoms with Crippen LogP contribution in [0.15, 0.2) is 0 Å². The number of imide groups is 1. The molecule has 0 unspecified atom stereocenters. The van der Waals surface area contributed by atoms with Gasteiger partial charge in [0.15, 0.2) is 0 Å². The van der Waals surface area contributed by atoms with Crippen LogP contribution in [0.5, 0.6) is 0 Å². The highest BCUT2D eigenvalue weighted by atomic mass is 16.4. The average Bonchev–Trinajstić information content (AvgIpc) is 2.20. The molecule has 0 aromatic rings. The standard InChI is InChI=1S/C3H4N2O2.H3NO/c6-2-1-4-3(7)5-2;1-2/h1H2,(H2,4,5,6,7);2H,1H2. The Morgan fingerprint density at radius 3 is 2.11 bits per heavy atom. The van der Waals surface area contributed by atoms with E-state index >= 15 is 0 Å². The molecular formula is C3H7N3O3. The second kappa shape index (κ2) is 3.81. The van der Waals surface area contributed by atoms with Crippen LogP contribution in [-0.2, 0) is 4.79 Å². The van der Waals surface area contributed by atoms with Crippen LogP contribution in [0.1, 0.15) is 0 Å². The molecule has 0 aromatic carbocycles. The van der Waals surface area contributed by atoms with Crippen molar-refractivity contribution in [1.82, 2.24) is 10.6 Å². The van der Waals surface area contributed by atoms with E-state index in [0.717, 1.165) is 0 Å². The van der Waals surface area contributed by atoms with Gasteiger partial charge < -0.3 is 10.5 Å². The van der Waals surface area contributed by atoms with Crippen LogP contribution in [0.3, 0.4) is 0 Å². The van der Waals surface area contributed by atoms with Crippen LogP contribution in [0.4, 0.5) is 4.79 Å². The first-order chi connectivity index (χ1) is 4.29. The first-order valence-corrected chi connectivity index (χ1v) is 2.12. The third-order valence-corrected chi connectivity index (χ3v) is 0.662. The minimum atomic E-state index is -0.398. The second-order valence-electron chi connectivity index (χ2n) is 1.23. The Bertz CT molecular complexity index is 109. The fraction of sp³-hybridized carbons (Fsp3) is 0.333. The molecular weight excluding hydrogens is 126 g/mol. The lowest BCUT2D eigenvalue weighted by Gasteiger charge is -1.78. The molecule has 0 aliphatic carbocycles. The van der Waals surface area contributed by atoms with Gasteiger partial charge in [-0.2, -0.15) is 0 Å². The van der Waals surface area contributed by atoms with Crippen LogP contribution in [0.25, 0.3) is 0 Å². The van der Waals surface area contributed by atoms with Crippen molar-refractivity contribution in [2.75, 3.05) is 6.54 Å². The highest BCUT2D eigenvalue weighted by Crippen LogP contribution is 1.73. The van der Waals surface area contributed by atoms with Gasteiger partial charge in [0.25, 0.3) is 0 Å². The van der Waals surface area contributed by atoms with Gasteiger partial charge >= 0.3 is 6.03 Å². The van der Waals surface area contributed by atoms with Gasteiger partial charge in [0.2, 0.25) is 5.91 Å². The highest BCUT2D eigenvalue weighted by molar-refractivity contribution is 6.01. The molecule has 3 amide bonds. The Hall–Kier alpha value is -1.14. The van der Waals surface area contributed by atoms with Crippen molar-refractivity contribution in [3.63, 3.8) is 0 Å². The first kappa shape index (κ1) is 7.86. The maximum Gasteiger partial charge on any atom is 0.321 e. The lowest BCUT2D eigenvalue weighted by Crippen LogP contribution is -2.22. The maximum absolute atomic E-state index is 10.1. The fourth-order valence-electron chi connectivity index (χ4n) is 0.376. The normalized spacial score (nSPS) is 15.3. The van der Waals surface area contributed by atoms with Crippen LogP contribution in [-0.4, -0.2) is 23.7 Å². The van der Waals surface area contributed by atoms with Gasteiger partial charge in [-0.1, -0.05) is 0 Å². The summed E-state index contributed by atoms with van der Waals surface area (Å²) in [7, 11) is 0. The van der Waals surface area contributed by atoms with Crippen LogP contribution >= 0.6 is 0 Å². The van der Waals surface area contributed by atoms with Crippen molar-refractivity contribution >= 4 is 11.9 Å². The van der Waals surface area contributed by atoms with Gasteiger partial charge in [-0.25, -0.2) is 10.7 Å². The summed E-state index contributed by atoms with van der Waals surface area (Å²) >= 11 is 0.